The van der Waals surface area contributed by atoms with Crippen molar-refractivity contribution in [1.82, 2.24) is 15.5 Å². The van der Waals surface area contributed by atoms with Crippen LogP contribution in [-0.4, -0.2) is 69.0 Å². The highest BCUT2D eigenvalue weighted by molar-refractivity contribution is 8.02. The molecule has 7 atom stereocenters. The van der Waals surface area contributed by atoms with E-state index in [4.69, 9.17) is 0 Å². The number of hydrogen-bond donors (Lipinski definition) is 3. The topological polar surface area (TPSA) is 98.7 Å². The molecule has 3 aliphatic heterocycles. The van der Waals surface area contributed by atoms with Gasteiger partial charge in [0.2, 0.25) is 17.7 Å². The molecule has 3 saturated heterocycles. The lowest BCUT2D eigenvalue weighted by atomic mass is 9.66. The fourth-order valence-electron chi connectivity index (χ4n) is 6.32. The van der Waals surface area contributed by atoms with Gasteiger partial charge in [-0.1, -0.05) is 44.2 Å². The lowest BCUT2D eigenvalue weighted by molar-refractivity contribution is -0.142. The van der Waals surface area contributed by atoms with Crippen LogP contribution < -0.4 is 10.6 Å². The minimum Gasteiger partial charge on any atom is -0.394 e. The Labute approximate surface area is 206 Å². The fraction of sp³-hybridized carbons (Fsp3) is 0.654. The summed E-state index contributed by atoms with van der Waals surface area (Å²) < 4.78 is -0.668. The number of aliphatic hydroxyl groups is 1. The van der Waals surface area contributed by atoms with E-state index in [1.807, 2.05) is 51.1 Å². The summed E-state index contributed by atoms with van der Waals surface area (Å²) in [7, 11) is 0. The number of carbonyl (C=O) groups excluding carboxylic acids is 3. The van der Waals surface area contributed by atoms with Crippen molar-refractivity contribution in [2.24, 2.45) is 17.8 Å². The minimum atomic E-state index is -0.720. The van der Waals surface area contributed by atoms with Crippen LogP contribution in [0.25, 0.3) is 0 Å². The number of rotatable bonds is 9. The van der Waals surface area contributed by atoms with Crippen LogP contribution >= 0.6 is 11.8 Å². The average Bonchev–Trinajstić information content (AvgIpc) is 3.40. The number of carbonyl (C=O) groups is 3. The molecule has 3 fully saturated rings. The van der Waals surface area contributed by atoms with Crippen LogP contribution in [0, 0.1) is 17.8 Å². The monoisotopic (exact) mass is 487 g/mol. The maximum Gasteiger partial charge on any atom is 0.244 e. The first kappa shape index (κ1) is 25.0. The van der Waals surface area contributed by atoms with Crippen molar-refractivity contribution in [3.63, 3.8) is 0 Å². The largest absolute Gasteiger partial charge is 0.394 e. The number of likely N-dealkylation sites (tertiary alicyclic amines) is 1. The Morgan fingerprint density at radius 3 is 2.56 bits per heavy atom. The third-order valence-corrected chi connectivity index (χ3v) is 9.71. The summed E-state index contributed by atoms with van der Waals surface area (Å²) in [6.07, 6.45) is 2.08. The van der Waals surface area contributed by atoms with E-state index in [2.05, 4.69) is 17.6 Å². The van der Waals surface area contributed by atoms with Crippen molar-refractivity contribution in [2.45, 2.75) is 75.1 Å². The van der Waals surface area contributed by atoms with Crippen LogP contribution in [0.3, 0.4) is 0 Å². The standard InChI is InChI=1S/C26H37N3O4S/c1-5-11-27-23(31)20-19-12-16(4)26(34-19)21(20)25(33)29(22(26)24(32)28-15(2)3)18(14-30)13-17-9-7-6-8-10-17/h6-10,15-16,18-22,30H,5,11-14H2,1-4H3,(H,27,31)(H,28,32)/t16?,18-,19+,20-,21+,22?,26?/m1/s1. The molecule has 186 valence electrons. The van der Waals surface area contributed by atoms with Gasteiger partial charge in [0.25, 0.3) is 0 Å². The molecule has 3 N–H and O–H groups in total. The van der Waals surface area contributed by atoms with Gasteiger partial charge in [0.15, 0.2) is 0 Å². The van der Waals surface area contributed by atoms with Crippen LogP contribution in [0.1, 0.15) is 46.1 Å². The van der Waals surface area contributed by atoms with Crippen molar-refractivity contribution in [3.8, 4) is 0 Å². The van der Waals surface area contributed by atoms with E-state index in [1.54, 1.807) is 16.7 Å². The van der Waals surface area contributed by atoms with Gasteiger partial charge in [0.1, 0.15) is 6.04 Å². The molecular formula is C26H37N3O4S. The highest BCUT2D eigenvalue weighted by atomic mass is 32.2. The first-order chi connectivity index (χ1) is 16.3. The molecule has 1 aromatic rings. The van der Waals surface area contributed by atoms with E-state index in [9.17, 15) is 19.5 Å². The van der Waals surface area contributed by atoms with Crippen molar-refractivity contribution < 1.29 is 19.5 Å². The van der Waals surface area contributed by atoms with Gasteiger partial charge in [-0.25, -0.2) is 0 Å². The zero-order valence-electron chi connectivity index (χ0n) is 20.5. The Morgan fingerprint density at radius 1 is 1.24 bits per heavy atom. The smallest absolute Gasteiger partial charge is 0.244 e. The van der Waals surface area contributed by atoms with E-state index in [0.717, 1.165) is 18.4 Å². The summed E-state index contributed by atoms with van der Waals surface area (Å²) in [4.78, 5) is 42.7. The zero-order chi connectivity index (χ0) is 24.6. The molecular weight excluding hydrogens is 450 g/mol. The molecule has 1 spiro atoms. The predicted octanol–water partition coefficient (Wildman–Crippen LogP) is 1.98. The lowest BCUT2D eigenvalue weighted by Gasteiger charge is -2.40. The minimum absolute atomic E-state index is 0.0269. The first-order valence-electron chi connectivity index (χ1n) is 12.5. The molecule has 7 nitrogen and oxygen atoms in total. The maximum absolute atomic E-state index is 14.1. The molecule has 3 amide bonds. The Morgan fingerprint density at radius 2 is 1.94 bits per heavy atom. The second-order valence-corrected chi connectivity index (χ2v) is 11.8. The molecule has 3 heterocycles. The number of nitrogens with one attached hydrogen (secondary N) is 2. The molecule has 0 aromatic heterocycles. The Kier molecular flexibility index (Phi) is 7.29. The van der Waals surface area contributed by atoms with Gasteiger partial charge in [-0.3, -0.25) is 14.4 Å². The van der Waals surface area contributed by atoms with Crippen LogP contribution in [-0.2, 0) is 20.8 Å². The number of amides is 3. The summed E-state index contributed by atoms with van der Waals surface area (Å²) in [5.41, 5.74) is 0.995. The highest BCUT2D eigenvalue weighted by Crippen LogP contribution is 2.68. The molecule has 0 aliphatic carbocycles. The first-order valence-corrected chi connectivity index (χ1v) is 13.4. The quantitative estimate of drug-likeness (QED) is 0.495. The number of nitrogens with zero attached hydrogens (tertiary/aromatic N) is 1. The Bertz CT molecular complexity index is 926. The summed E-state index contributed by atoms with van der Waals surface area (Å²) in [6.45, 7) is 8.26. The van der Waals surface area contributed by atoms with Gasteiger partial charge in [-0.15, -0.1) is 11.8 Å². The molecule has 8 heteroatoms. The maximum atomic E-state index is 14.1. The third-order valence-electron chi connectivity index (χ3n) is 7.63. The number of fused-ring (bicyclic) bond motifs is 1. The van der Waals surface area contributed by atoms with Gasteiger partial charge in [-0.2, -0.15) is 0 Å². The summed E-state index contributed by atoms with van der Waals surface area (Å²) >= 11 is 1.67. The van der Waals surface area contributed by atoms with Crippen molar-refractivity contribution in [1.29, 1.82) is 0 Å². The van der Waals surface area contributed by atoms with E-state index >= 15 is 0 Å². The molecule has 3 unspecified atom stereocenters. The lowest BCUT2D eigenvalue weighted by Crippen LogP contribution is -2.59. The van der Waals surface area contributed by atoms with Gasteiger partial charge < -0.3 is 20.6 Å². The summed E-state index contributed by atoms with van der Waals surface area (Å²) in [5.74, 6) is -1.34. The predicted molar refractivity (Wildman–Crippen MR) is 133 cm³/mol. The zero-order valence-corrected chi connectivity index (χ0v) is 21.3. The summed E-state index contributed by atoms with van der Waals surface area (Å²) in [6, 6.07) is 8.39. The van der Waals surface area contributed by atoms with Crippen LogP contribution in [0.2, 0.25) is 0 Å². The molecule has 2 bridgehead atoms. The van der Waals surface area contributed by atoms with E-state index in [1.165, 1.54) is 0 Å². The number of thioether (sulfide) groups is 1. The Balaban J connectivity index is 1.76. The summed E-state index contributed by atoms with van der Waals surface area (Å²) in [5, 5.41) is 16.5. The van der Waals surface area contributed by atoms with Gasteiger partial charge >= 0.3 is 0 Å². The second kappa shape index (κ2) is 9.90. The van der Waals surface area contributed by atoms with Crippen LogP contribution in [0.5, 0.6) is 0 Å². The molecule has 3 aliphatic rings. The van der Waals surface area contributed by atoms with Crippen LogP contribution in [0.15, 0.2) is 30.3 Å². The number of benzene rings is 1. The van der Waals surface area contributed by atoms with Crippen LogP contribution in [0.4, 0.5) is 0 Å². The van der Waals surface area contributed by atoms with Gasteiger partial charge in [0.05, 0.1) is 29.2 Å². The second-order valence-electron chi connectivity index (χ2n) is 10.3. The highest BCUT2D eigenvalue weighted by Gasteiger charge is 2.76. The van der Waals surface area contributed by atoms with Crippen molar-refractivity contribution in [2.75, 3.05) is 13.2 Å². The number of aliphatic hydroxyl groups excluding tert-OH is 1. The Hall–Kier alpha value is -2.06. The third kappa shape index (κ3) is 4.02. The number of hydrogen-bond acceptors (Lipinski definition) is 5. The van der Waals surface area contributed by atoms with Crippen molar-refractivity contribution in [3.05, 3.63) is 35.9 Å². The molecule has 34 heavy (non-hydrogen) atoms. The van der Waals surface area contributed by atoms with Gasteiger partial charge in [0, 0.05) is 17.8 Å². The van der Waals surface area contributed by atoms with Gasteiger partial charge in [-0.05, 0) is 44.6 Å². The van der Waals surface area contributed by atoms with E-state index < -0.39 is 28.7 Å². The van der Waals surface area contributed by atoms with E-state index in [-0.39, 0.29) is 41.5 Å². The SMILES string of the molecule is CCCNC(=O)[C@@H]1[C@@H]2CC(C)C3(S2)C(C(=O)NC(C)C)N([C@@H](CO)Cc2ccccc2)C(=O)[C@H]13. The molecule has 1 aromatic carbocycles. The van der Waals surface area contributed by atoms with Crippen molar-refractivity contribution >= 4 is 29.5 Å². The van der Waals surface area contributed by atoms with E-state index in [0.29, 0.717) is 13.0 Å². The normalized spacial score (nSPS) is 32.7. The fourth-order valence-corrected chi connectivity index (χ4v) is 8.73. The average molecular weight is 488 g/mol. The molecule has 0 radical (unpaired) electrons. The molecule has 4 rings (SSSR count). The molecule has 0 saturated carbocycles.